The number of aryl methyl sites for hydroxylation is 1. The van der Waals surface area contributed by atoms with Crippen LogP contribution in [0, 0.1) is 29.9 Å². The number of fused-ring (bicyclic) bond motifs is 3. The normalized spacial score (nSPS) is 30.2. The molecule has 2 aromatic rings. The molecule has 0 amide bonds. The summed E-state index contributed by atoms with van der Waals surface area (Å²) in [6.45, 7) is 4.36. The summed E-state index contributed by atoms with van der Waals surface area (Å²) in [7, 11) is 0. The number of ketones is 1. The predicted molar refractivity (Wildman–Crippen MR) is 124 cm³/mol. The van der Waals surface area contributed by atoms with E-state index in [2.05, 4.69) is 0 Å². The zero-order valence-electron chi connectivity index (χ0n) is 18.8. The van der Waals surface area contributed by atoms with Crippen molar-refractivity contribution in [1.29, 1.82) is 0 Å². The SMILES string of the molecule is Cc1cccc2c1SCc1c(ccc(F)c1F)C2N1CC2(CC2C)C(=O)C2=C(O)C(O)C=CN21. The van der Waals surface area contributed by atoms with Crippen LogP contribution in [0.1, 0.15) is 41.6 Å². The average molecular weight is 483 g/mol. The number of nitrogens with zero attached hydrogens (tertiary/aromatic N) is 2. The first-order chi connectivity index (χ1) is 16.2. The van der Waals surface area contributed by atoms with Gasteiger partial charge in [-0.15, -0.1) is 11.8 Å². The molecule has 5 nitrogen and oxygen atoms in total. The summed E-state index contributed by atoms with van der Waals surface area (Å²) < 4.78 is 29.4. The van der Waals surface area contributed by atoms with Crippen LogP contribution in [0.2, 0.25) is 0 Å². The van der Waals surface area contributed by atoms with Crippen LogP contribution in [0.3, 0.4) is 0 Å². The first-order valence-corrected chi connectivity index (χ1v) is 12.3. The average Bonchev–Trinajstić information content (AvgIpc) is 3.50. The van der Waals surface area contributed by atoms with Gasteiger partial charge in [0.25, 0.3) is 0 Å². The van der Waals surface area contributed by atoms with Crippen molar-refractivity contribution in [2.75, 3.05) is 6.54 Å². The van der Waals surface area contributed by atoms with E-state index < -0.39 is 29.2 Å². The van der Waals surface area contributed by atoms with Crippen LogP contribution in [0.5, 0.6) is 0 Å². The van der Waals surface area contributed by atoms with Gasteiger partial charge in [0.1, 0.15) is 11.8 Å². The molecule has 2 fully saturated rings. The number of carbonyl (C=O) groups is 1. The molecule has 3 heterocycles. The summed E-state index contributed by atoms with van der Waals surface area (Å²) in [5, 5.41) is 24.6. The fourth-order valence-electron chi connectivity index (χ4n) is 5.66. The first-order valence-electron chi connectivity index (χ1n) is 11.3. The van der Waals surface area contributed by atoms with Gasteiger partial charge < -0.3 is 10.2 Å². The Bertz CT molecular complexity index is 1310. The summed E-state index contributed by atoms with van der Waals surface area (Å²) in [6, 6.07) is 8.19. The van der Waals surface area contributed by atoms with E-state index in [9.17, 15) is 19.4 Å². The molecule has 3 aliphatic heterocycles. The molecule has 2 aromatic carbocycles. The molecule has 0 radical (unpaired) electrons. The lowest BCUT2D eigenvalue weighted by Gasteiger charge is -2.48. The number of benzene rings is 2. The summed E-state index contributed by atoms with van der Waals surface area (Å²) in [5.41, 5.74) is 2.27. The van der Waals surface area contributed by atoms with Crippen molar-refractivity contribution in [2.24, 2.45) is 11.3 Å². The highest BCUT2D eigenvalue weighted by molar-refractivity contribution is 7.98. The Morgan fingerprint density at radius 1 is 1.18 bits per heavy atom. The summed E-state index contributed by atoms with van der Waals surface area (Å²) in [5.74, 6) is -1.92. The van der Waals surface area contributed by atoms with E-state index in [-0.39, 0.29) is 28.9 Å². The molecule has 0 bridgehead atoms. The van der Waals surface area contributed by atoms with Crippen LogP contribution in [0.25, 0.3) is 0 Å². The van der Waals surface area contributed by atoms with E-state index >= 15 is 4.39 Å². The van der Waals surface area contributed by atoms with Crippen molar-refractivity contribution in [3.05, 3.63) is 88.0 Å². The number of halogens is 2. The fourth-order valence-corrected chi connectivity index (χ4v) is 6.89. The van der Waals surface area contributed by atoms with Crippen molar-refractivity contribution in [3.8, 4) is 0 Å². The fraction of sp³-hybridized carbons (Fsp3) is 0.346. The van der Waals surface area contributed by atoms with Crippen LogP contribution in [-0.2, 0) is 10.5 Å². The standard InChI is InChI=1S/C26H24F2N2O3S/c1-13-4-3-5-16-21(15-6-7-18(27)20(28)17(15)11-34-24(13)16)30-12-26(10-14(26)2)25(33)22-23(32)19(31)8-9-29(22)30/h3-9,14,19,21,31-32H,10-12H2,1-2H3. The number of rotatable bonds is 1. The number of Topliss-reactive ketones (excluding diaryl/α,β-unsaturated/α-hetero) is 1. The van der Waals surface area contributed by atoms with Gasteiger partial charge in [0.05, 0.1) is 11.5 Å². The Labute approximate surface area is 200 Å². The molecule has 1 spiro atoms. The third kappa shape index (κ3) is 2.88. The molecule has 4 unspecified atom stereocenters. The number of allylic oxidation sites excluding steroid dienone is 1. The number of hydrogen-bond acceptors (Lipinski definition) is 6. The van der Waals surface area contributed by atoms with E-state index in [1.165, 1.54) is 17.8 Å². The maximum absolute atomic E-state index is 15.1. The zero-order chi connectivity index (χ0) is 23.9. The van der Waals surface area contributed by atoms with Crippen molar-refractivity contribution in [3.63, 3.8) is 0 Å². The van der Waals surface area contributed by atoms with Gasteiger partial charge >= 0.3 is 0 Å². The lowest BCUT2D eigenvalue weighted by atomic mass is 9.87. The van der Waals surface area contributed by atoms with Crippen molar-refractivity contribution in [1.82, 2.24) is 10.0 Å². The molecule has 0 aromatic heterocycles. The summed E-state index contributed by atoms with van der Waals surface area (Å²) in [4.78, 5) is 14.5. The molecule has 34 heavy (non-hydrogen) atoms. The van der Waals surface area contributed by atoms with Gasteiger partial charge in [-0.25, -0.2) is 13.8 Å². The third-order valence-corrected chi connectivity index (χ3v) is 9.01. The van der Waals surface area contributed by atoms with Gasteiger partial charge in [-0.3, -0.25) is 9.80 Å². The quantitative estimate of drug-likeness (QED) is 0.612. The molecular formula is C26H24F2N2O3S. The molecular weight excluding hydrogens is 458 g/mol. The highest BCUT2D eigenvalue weighted by atomic mass is 32.2. The van der Waals surface area contributed by atoms with Gasteiger partial charge in [0.2, 0.25) is 0 Å². The lowest BCUT2D eigenvalue weighted by Crippen LogP contribution is -2.55. The number of hydrogen-bond donors (Lipinski definition) is 2. The van der Waals surface area contributed by atoms with Crippen LogP contribution < -0.4 is 0 Å². The molecule has 4 atom stereocenters. The minimum atomic E-state index is -1.26. The van der Waals surface area contributed by atoms with Crippen LogP contribution in [0.4, 0.5) is 8.78 Å². The summed E-state index contributed by atoms with van der Waals surface area (Å²) >= 11 is 1.48. The number of hydrazine groups is 1. The number of thioether (sulfide) groups is 1. The lowest BCUT2D eigenvalue weighted by molar-refractivity contribution is -0.136. The molecule has 1 aliphatic carbocycles. The van der Waals surface area contributed by atoms with Crippen LogP contribution >= 0.6 is 11.8 Å². The maximum atomic E-state index is 15.1. The van der Waals surface area contributed by atoms with Gasteiger partial charge in [0.15, 0.2) is 23.2 Å². The molecule has 8 heteroatoms. The minimum Gasteiger partial charge on any atom is -0.507 e. The van der Waals surface area contributed by atoms with Crippen molar-refractivity contribution >= 4 is 17.5 Å². The summed E-state index contributed by atoms with van der Waals surface area (Å²) in [6.07, 6.45) is 2.41. The zero-order valence-corrected chi connectivity index (χ0v) is 19.6. The van der Waals surface area contributed by atoms with E-state index in [0.717, 1.165) is 22.1 Å². The van der Waals surface area contributed by atoms with Gasteiger partial charge in [-0.2, -0.15) is 0 Å². The van der Waals surface area contributed by atoms with Gasteiger partial charge in [-0.1, -0.05) is 31.2 Å². The Morgan fingerprint density at radius 2 is 1.94 bits per heavy atom. The molecule has 6 rings (SSSR count). The van der Waals surface area contributed by atoms with E-state index in [4.69, 9.17) is 0 Å². The highest BCUT2D eigenvalue weighted by Crippen LogP contribution is 2.60. The Balaban J connectivity index is 1.61. The number of aliphatic hydroxyl groups is 2. The minimum absolute atomic E-state index is 0.0563. The molecule has 2 N–H and O–H groups in total. The predicted octanol–water partition coefficient (Wildman–Crippen LogP) is 4.75. The molecule has 1 saturated carbocycles. The number of carbonyl (C=O) groups excluding carboxylic acids is 1. The Morgan fingerprint density at radius 3 is 2.68 bits per heavy atom. The second-order valence-electron chi connectivity index (χ2n) is 9.67. The number of aliphatic hydroxyl groups excluding tert-OH is 2. The maximum Gasteiger partial charge on any atom is 0.192 e. The molecule has 4 aliphatic rings. The largest absolute Gasteiger partial charge is 0.507 e. The van der Waals surface area contributed by atoms with Gasteiger partial charge in [-0.05, 0) is 48.1 Å². The third-order valence-electron chi connectivity index (χ3n) is 7.73. The highest BCUT2D eigenvalue weighted by Gasteiger charge is 2.64. The first kappa shape index (κ1) is 21.8. The molecule has 176 valence electrons. The van der Waals surface area contributed by atoms with Crippen LogP contribution in [0.15, 0.2) is 59.0 Å². The van der Waals surface area contributed by atoms with Crippen molar-refractivity contribution < 1.29 is 23.8 Å². The molecule has 1 saturated heterocycles. The smallest absolute Gasteiger partial charge is 0.192 e. The second kappa shape index (κ2) is 7.41. The Kier molecular flexibility index (Phi) is 4.76. The topological polar surface area (TPSA) is 64.0 Å². The van der Waals surface area contributed by atoms with E-state index in [1.54, 1.807) is 17.3 Å². The monoisotopic (exact) mass is 482 g/mol. The Hall–Kier alpha value is -2.68. The second-order valence-corrected chi connectivity index (χ2v) is 10.7. The van der Waals surface area contributed by atoms with Gasteiger partial charge in [0, 0.05) is 29.0 Å². The van der Waals surface area contributed by atoms with Crippen LogP contribution in [-0.4, -0.2) is 38.7 Å². The van der Waals surface area contributed by atoms with E-state index in [1.807, 2.05) is 37.1 Å². The van der Waals surface area contributed by atoms with Crippen molar-refractivity contribution in [2.45, 2.75) is 43.1 Å². The van der Waals surface area contributed by atoms with E-state index in [0.29, 0.717) is 24.1 Å².